The van der Waals surface area contributed by atoms with Crippen LogP contribution >= 0.6 is 11.8 Å². The number of hydrogen-bond donors (Lipinski definition) is 1. The Kier molecular flexibility index (Phi) is 5.12. The highest BCUT2D eigenvalue weighted by molar-refractivity contribution is 8.00. The molecule has 0 aromatic heterocycles. The predicted octanol–water partition coefficient (Wildman–Crippen LogP) is 2.10. The Balaban J connectivity index is 2.56. The molecular formula is C12H23NO2S. The van der Waals surface area contributed by atoms with Crippen molar-refractivity contribution in [2.45, 2.75) is 45.4 Å². The zero-order valence-electron chi connectivity index (χ0n) is 10.5. The molecule has 0 spiro atoms. The van der Waals surface area contributed by atoms with Crippen molar-refractivity contribution in [3.63, 3.8) is 0 Å². The van der Waals surface area contributed by atoms with E-state index in [0.29, 0.717) is 17.7 Å². The summed E-state index contributed by atoms with van der Waals surface area (Å²) in [5, 5.41) is 9.59. The smallest absolute Gasteiger partial charge is 0.233 e. The lowest BCUT2D eigenvalue weighted by atomic mass is 9.94. The maximum Gasteiger partial charge on any atom is 0.233 e. The highest BCUT2D eigenvalue weighted by Gasteiger charge is 2.34. The topological polar surface area (TPSA) is 40.5 Å². The largest absolute Gasteiger partial charge is 0.396 e. The maximum atomic E-state index is 11.8. The van der Waals surface area contributed by atoms with E-state index in [-0.39, 0.29) is 17.9 Å². The van der Waals surface area contributed by atoms with Crippen LogP contribution in [0.2, 0.25) is 0 Å². The Hall–Kier alpha value is -0.220. The number of nitrogens with zero attached hydrogens (tertiary/aromatic N) is 1. The van der Waals surface area contributed by atoms with Gasteiger partial charge in [0.25, 0.3) is 0 Å². The van der Waals surface area contributed by atoms with Crippen LogP contribution in [0.1, 0.15) is 40.0 Å². The standard InChI is InChI=1S/C12H23NO2S/c1-4-5-6-11-13(10(15)7-16-11)8-12(2,3)9-14/h11,14H,4-9H2,1-3H3. The Bertz CT molecular complexity index is 243. The molecule has 0 saturated carbocycles. The average molecular weight is 245 g/mol. The van der Waals surface area contributed by atoms with E-state index in [9.17, 15) is 9.90 Å². The van der Waals surface area contributed by atoms with Crippen molar-refractivity contribution in [2.24, 2.45) is 5.41 Å². The Labute approximate surface area is 103 Å². The van der Waals surface area contributed by atoms with Crippen molar-refractivity contribution >= 4 is 17.7 Å². The predicted molar refractivity (Wildman–Crippen MR) is 68.4 cm³/mol. The Morgan fingerprint density at radius 2 is 2.25 bits per heavy atom. The van der Waals surface area contributed by atoms with Crippen molar-refractivity contribution in [1.29, 1.82) is 0 Å². The highest BCUT2D eigenvalue weighted by Crippen LogP contribution is 2.31. The number of unbranched alkanes of at least 4 members (excludes halogenated alkanes) is 1. The van der Waals surface area contributed by atoms with Crippen molar-refractivity contribution in [3.05, 3.63) is 0 Å². The van der Waals surface area contributed by atoms with Gasteiger partial charge in [-0.2, -0.15) is 0 Å². The van der Waals surface area contributed by atoms with Crippen LogP contribution in [0, 0.1) is 5.41 Å². The normalized spacial score (nSPS) is 21.9. The molecule has 0 aromatic carbocycles. The van der Waals surface area contributed by atoms with Gasteiger partial charge in [0, 0.05) is 18.6 Å². The maximum absolute atomic E-state index is 11.8. The molecule has 3 nitrogen and oxygen atoms in total. The summed E-state index contributed by atoms with van der Waals surface area (Å²) >= 11 is 1.74. The third kappa shape index (κ3) is 3.67. The van der Waals surface area contributed by atoms with Crippen LogP contribution in [0.5, 0.6) is 0 Å². The minimum Gasteiger partial charge on any atom is -0.396 e. The van der Waals surface area contributed by atoms with Gasteiger partial charge in [-0.3, -0.25) is 4.79 Å². The second-order valence-corrected chi connectivity index (χ2v) is 6.42. The summed E-state index contributed by atoms with van der Waals surface area (Å²) in [7, 11) is 0. The van der Waals surface area contributed by atoms with E-state index in [1.54, 1.807) is 11.8 Å². The van der Waals surface area contributed by atoms with E-state index in [1.165, 1.54) is 12.8 Å². The summed E-state index contributed by atoms with van der Waals surface area (Å²) in [4.78, 5) is 13.7. The number of amides is 1. The van der Waals surface area contributed by atoms with Crippen LogP contribution in [-0.4, -0.2) is 40.2 Å². The molecular weight excluding hydrogens is 222 g/mol. The third-order valence-corrected chi connectivity index (χ3v) is 4.19. The minimum atomic E-state index is -0.189. The average Bonchev–Trinajstić information content (AvgIpc) is 2.57. The summed E-state index contributed by atoms with van der Waals surface area (Å²) in [5.74, 6) is 0.836. The van der Waals surface area contributed by atoms with Crippen molar-refractivity contribution in [3.8, 4) is 0 Å². The van der Waals surface area contributed by atoms with Gasteiger partial charge in [-0.15, -0.1) is 11.8 Å². The van der Waals surface area contributed by atoms with E-state index in [4.69, 9.17) is 0 Å². The van der Waals surface area contributed by atoms with E-state index >= 15 is 0 Å². The molecule has 0 radical (unpaired) electrons. The number of aliphatic hydroxyl groups is 1. The summed E-state index contributed by atoms with van der Waals surface area (Å²) in [6.45, 7) is 6.97. The first-order valence-electron chi connectivity index (χ1n) is 6.02. The molecule has 0 bridgehead atoms. The van der Waals surface area contributed by atoms with Gasteiger partial charge in [-0.05, 0) is 6.42 Å². The molecule has 1 aliphatic rings. The zero-order chi connectivity index (χ0) is 12.2. The lowest BCUT2D eigenvalue weighted by Crippen LogP contribution is -2.41. The first-order chi connectivity index (χ1) is 7.50. The fourth-order valence-corrected chi connectivity index (χ4v) is 3.03. The third-order valence-electron chi connectivity index (χ3n) is 2.90. The van der Waals surface area contributed by atoms with E-state index < -0.39 is 0 Å². The van der Waals surface area contributed by atoms with Crippen LogP contribution < -0.4 is 0 Å². The summed E-state index contributed by atoms with van der Waals surface area (Å²) in [6, 6.07) is 0. The van der Waals surface area contributed by atoms with Crippen molar-refractivity contribution < 1.29 is 9.90 Å². The van der Waals surface area contributed by atoms with Crippen molar-refractivity contribution in [2.75, 3.05) is 18.9 Å². The molecule has 1 rings (SSSR count). The van der Waals surface area contributed by atoms with Crippen LogP contribution in [-0.2, 0) is 4.79 Å². The molecule has 1 N–H and O–H groups in total. The van der Waals surface area contributed by atoms with Gasteiger partial charge in [-0.1, -0.05) is 33.6 Å². The molecule has 4 heteroatoms. The van der Waals surface area contributed by atoms with Crippen LogP contribution in [0.4, 0.5) is 0 Å². The van der Waals surface area contributed by atoms with Gasteiger partial charge in [0.05, 0.1) is 11.1 Å². The molecule has 1 saturated heterocycles. The van der Waals surface area contributed by atoms with E-state index in [2.05, 4.69) is 6.92 Å². The van der Waals surface area contributed by atoms with Crippen molar-refractivity contribution in [1.82, 2.24) is 4.90 Å². The number of rotatable bonds is 6. The van der Waals surface area contributed by atoms with E-state index in [0.717, 1.165) is 6.42 Å². The summed E-state index contributed by atoms with van der Waals surface area (Å²) < 4.78 is 0. The fraction of sp³-hybridized carbons (Fsp3) is 0.917. The molecule has 0 aliphatic carbocycles. The SMILES string of the molecule is CCCCC1SCC(=O)N1CC(C)(C)CO. The number of carbonyl (C=O) groups excluding carboxylic acids is 1. The second kappa shape index (κ2) is 5.92. The molecule has 16 heavy (non-hydrogen) atoms. The Morgan fingerprint density at radius 1 is 1.56 bits per heavy atom. The van der Waals surface area contributed by atoms with Gasteiger partial charge in [-0.25, -0.2) is 0 Å². The monoisotopic (exact) mass is 245 g/mol. The summed E-state index contributed by atoms with van der Waals surface area (Å²) in [5.41, 5.74) is -0.189. The molecule has 1 fully saturated rings. The van der Waals surface area contributed by atoms with Gasteiger partial charge in [0.1, 0.15) is 0 Å². The quantitative estimate of drug-likeness (QED) is 0.779. The number of aliphatic hydroxyl groups excluding tert-OH is 1. The molecule has 1 aliphatic heterocycles. The first-order valence-corrected chi connectivity index (χ1v) is 7.07. The van der Waals surface area contributed by atoms with Gasteiger partial charge < -0.3 is 10.0 Å². The van der Waals surface area contributed by atoms with Crippen LogP contribution in [0.15, 0.2) is 0 Å². The van der Waals surface area contributed by atoms with E-state index in [1.807, 2.05) is 18.7 Å². The molecule has 1 unspecified atom stereocenters. The van der Waals surface area contributed by atoms with Gasteiger partial charge >= 0.3 is 0 Å². The van der Waals surface area contributed by atoms with Gasteiger partial charge in [0.15, 0.2) is 0 Å². The zero-order valence-corrected chi connectivity index (χ0v) is 11.3. The van der Waals surface area contributed by atoms with Gasteiger partial charge in [0.2, 0.25) is 5.91 Å². The highest BCUT2D eigenvalue weighted by atomic mass is 32.2. The molecule has 1 atom stereocenters. The second-order valence-electron chi connectivity index (χ2n) is 5.25. The number of hydrogen-bond acceptors (Lipinski definition) is 3. The minimum absolute atomic E-state index is 0.127. The number of carbonyl (C=O) groups is 1. The molecule has 94 valence electrons. The Morgan fingerprint density at radius 3 is 2.81 bits per heavy atom. The lowest BCUT2D eigenvalue weighted by Gasteiger charge is -2.32. The lowest BCUT2D eigenvalue weighted by molar-refractivity contribution is -0.129. The van der Waals surface area contributed by atoms with Crippen LogP contribution in [0.25, 0.3) is 0 Å². The molecule has 1 amide bonds. The first kappa shape index (κ1) is 13.8. The fourth-order valence-electron chi connectivity index (χ4n) is 1.82. The number of thioether (sulfide) groups is 1. The summed E-state index contributed by atoms with van der Waals surface area (Å²) in [6.07, 6.45) is 3.41. The van der Waals surface area contributed by atoms with Crippen LogP contribution in [0.3, 0.4) is 0 Å². The molecule has 0 aromatic rings. The molecule has 1 heterocycles.